The van der Waals surface area contributed by atoms with Crippen LogP contribution in [0.5, 0.6) is 0 Å². The second-order valence-electron chi connectivity index (χ2n) is 28.5. The van der Waals surface area contributed by atoms with E-state index in [1.165, 1.54) is 96.4 Å². The summed E-state index contributed by atoms with van der Waals surface area (Å²) < 4.78 is 45.2. The summed E-state index contributed by atoms with van der Waals surface area (Å²) >= 11 is 12.3. The number of halogens is 5. The number of ether oxygens (including phenoxy) is 1. The molecule has 1 saturated heterocycles. The minimum absolute atomic E-state index is 0.0258. The first-order valence-electron chi connectivity index (χ1n) is 36.1. The molecule has 1 aliphatic heterocycles. The van der Waals surface area contributed by atoms with E-state index in [2.05, 4.69) is 117 Å². The van der Waals surface area contributed by atoms with Crippen LogP contribution in [0.3, 0.4) is 0 Å². The maximum absolute atomic E-state index is 13.2. The van der Waals surface area contributed by atoms with Gasteiger partial charge in [0.15, 0.2) is 28.9 Å². The van der Waals surface area contributed by atoms with Crippen molar-refractivity contribution < 1.29 is 67.4 Å². The molecule has 10 aromatic rings. The molecule has 6 heterocycles. The molecule has 5 aliphatic rings. The first-order chi connectivity index (χ1) is 53.0. The van der Waals surface area contributed by atoms with Gasteiger partial charge in [-0.25, -0.2) is 49.8 Å². The van der Waals surface area contributed by atoms with Gasteiger partial charge < -0.3 is 30.3 Å². The Hall–Kier alpha value is -10.0. The number of benzene rings is 5. The molecule has 0 amide bonds. The molecule has 0 unspecified atom stereocenters. The molecular weight excluding hydrogens is 1450 g/mol. The second kappa shape index (κ2) is 36.2. The highest BCUT2D eigenvalue weighted by Crippen LogP contribution is 2.55. The number of nitrogens with zero attached hydrogens (tertiary/aromatic N) is 10. The Morgan fingerprint density at radius 3 is 1.01 bits per heavy atom. The van der Waals surface area contributed by atoms with Gasteiger partial charge in [-0.2, -0.15) is 13.2 Å². The van der Waals surface area contributed by atoms with Gasteiger partial charge in [-0.15, -0.1) is 0 Å². The second-order valence-corrected chi connectivity index (χ2v) is 29.4. The molecule has 570 valence electrons. The Morgan fingerprint density at radius 1 is 0.364 bits per heavy atom. The number of carbonyl (C=O) groups excluding carboxylic acids is 5. The Bertz CT molecular complexity index is 4800. The van der Waals surface area contributed by atoms with Gasteiger partial charge in [0.25, 0.3) is 0 Å². The van der Waals surface area contributed by atoms with Crippen molar-refractivity contribution in [1.29, 1.82) is 0 Å². The first kappa shape index (κ1) is 81.0. The summed E-state index contributed by atoms with van der Waals surface area (Å²) in [5, 5.41) is 45.7. The van der Waals surface area contributed by atoms with Crippen molar-refractivity contribution in [2.45, 2.75) is 136 Å². The van der Waals surface area contributed by atoms with Gasteiger partial charge >= 0.3 is 6.18 Å². The van der Waals surface area contributed by atoms with Gasteiger partial charge in [0.05, 0.1) is 33.4 Å². The minimum Gasteiger partial charge on any atom is -0.388 e. The number of hydrogen-bond donors (Lipinski definition) is 5. The molecule has 5 N–H and O–H groups in total. The lowest BCUT2D eigenvalue weighted by molar-refractivity contribution is -0.138. The molecule has 4 saturated carbocycles. The van der Waals surface area contributed by atoms with Crippen LogP contribution in [0.4, 0.5) is 13.2 Å². The molecule has 110 heavy (non-hydrogen) atoms. The molecule has 21 nitrogen and oxygen atoms in total. The number of hydrogen-bond acceptors (Lipinski definition) is 21. The van der Waals surface area contributed by atoms with Crippen molar-refractivity contribution in [1.82, 2.24) is 49.8 Å². The van der Waals surface area contributed by atoms with Gasteiger partial charge in [-0.3, -0.25) is 24.0 Å². The molecule has 26 heteroatoms. The number of aliphatic hydroxyl groups excluding tert-OH is 5. The number of carbonyl (C=O) groups is 5. The maximum atomic E-state index is 13.2. The number of aliphatic hydroxyl groups is 5. The summed E-state index contributed by atoms with van der Waals surface area (Å²) in [6, 6.07) is 40.4. The van der Waals surface area contributed by atoms with E-state index < -0.39 is 56.0 Å². The molecule has 4 aliphatic carbocycles. The molecule has 0 atom stereocenters. The third kappa shape index (κ3) is 20.7. The van der Waals surface area contributed by atoms with E-state index in [9.17, 15) is 37.1 Å². The standard InChI is InChI=1S/C18H20N2O3.C17H15F3N2O2.C17H18N2O2.2C16H15ClN2O2/c21-13-16(22)14-11-19-17(20-12-14)10-18(6-8-23-9-7-18)15-4-2-1-3-5-15;18-17(19,20)13-4-2-1-3-12(13)16(5-6-16)7-15-21-8-11(9-22-15)14(24)10-23;1-12-2-4-14(5-3-12)17(6-7-17)8-16-18-9-13(10-19-16)15(21)11-20;17-13-3-1-2-12(6-13)16(4-5-16)7-15-18-8-11(9-19-15)14(21)10-20;17-13-4-2-1-3-12(13)16(5-6-16)7-15-18-8-11(9-19-15)14(21)10-20/h1-5,11-12,21H,6-10,13H2;1-4,8-9,23H,5-7,10H2;2-5,9-10,20H,6-8,11H2,1H3;1-3,6,8-9,20H,4-5,7,10H2;1-4,8-9,20H,5-7,10H2. The summed E-state index contributed by atoms with van der Waals surface area (Å²) in [6.07, 6.45) is 23.1. The minimum atomic E-state index is -4.40. The fraction of sp³-hybridized carbons (Fsp3) is 0.345. The summed E-state index contributed by atoms with van der Waals surface area (Å²) in [5.41, 5.74) is 7.11. The lowest BCUT2D eigenvalue weighted by Gasteiger charge is -2.37. The Kier molecular flexibility index (Phi) is 26.7. The normalized spacial score (nSPS) is 16.0. The van der Waals surface area contributed by atoms with Crippen molar-refractivity contribution in [3.05, 3.63) is 295 Å². The SMILES string of the molecule is Cc1ccc(C2(Cc3ncc(C(=O)CO)cn3)CC2)cc1.O=C(CO)c1cnc(CC2(c3cccc(Cl)c3)CC2)nc1.O=C(CO)c1cnc(CC2(c3ccccc3)CCOCC2)nc1.O=C(CO)c1cnc(CC2(c3ccccc3C(F)(F)F)CC2)nc1.O=C(CO)c1cnc(CC2(c3ccccc3Cl)CC2)nc1. The van der Waals surface area contributed by atoms with E-state index in [0.29, 0.717) is 71.2 Å². The van der Waals surface area contributed by atoms with Crippen LogP contribution in [0.2, 0.25) is 10.0 Å². The summed E-state index contributed by atoms with van der Waals surface area (Å²) in [7, 11) is 0. The van der Waals surface area contributed by atoms with E-state index in [0.717, 1.165) is 105 Å². The highest BCUT2D eigenvalue weighted by molar-refractivity contribution is 6.31. The number of Topliss-reactive ketones (excluding diaryl/α,β-unsaturated/α-hetero) is 5. The molecule has 5 aromatic carbocycles. The van der Waals surface area contributed by atoms with Gasteiger partial charge in [0.1, 0.15) is 62.2 Å². The Morgan fingerprint density at radius 2 is 0.664 bits per heavy atom. The predicted octanol–water partition coefficient (Wildman–Crippen LogP) is 12.3. The van der Waals surface area contributed by atoms with Crippen molar-refractivity contribution in [2.75, 3.05) is 46.2 Å². The molecule has 0 bridgehead atoms. The molecule has 15 rings (SSSR count). The van der Waals surface area contributed by atoms with Crippen molar-refractivity contribution >= 4 is 52.1 Å². The third-order valence-corrected chi connectivity index (χ3v) is 21.5. The zero-order chi connectivity index (χ0) is 78.1. The zero-order valence-electron chi connectivity index (χ0n) is 60.5. The number of rotatable bonds is 25. The summed E-state index contributed by atoms with van der Waals surface area (Å²) in [5.74, 6) is 1.33. The fourth-order valence-electron chi connectivity index (χ4n) is 13.7. The van der Waals surface area contributed by atoms with E-state index in [4.69, 9.17) is 53.5 Å². The highest BCUT2D eigenvalue weighted by Gasteiger charge is 2.51. The van der Waals surface area contributed by atoms with Crippen molar-refractivity contribution in [3.63, 3.8) is 0 Å². The van der Waals surface area contributed by atoms with Crippen LogP contribution in [-0.2, 0) is 70.1 Å². The van der Waals surface area contributed by atoms with Gasteiger partial charge in [-0.1, -0.05) is 132 Å². The van der Waals surface area contributed by atoms with E-state index in [1.54, 1.807) is 6.07 Å². The molecule has 5 aromatic heterocycles. The number of aryl methyl sites for hydroxylation is 1. The lowest BCUT2D eigenvalue weighted by Crippen LogP contribution is -2.36. The molecular formula is C84H83Cl2F3N10O11. The van der Waals surface area contributed by atoms with E-state index in [1.807, 2.05) is 42.5 Å². The monoisotopic (exact) mass is 1530 g/mol. The maximum Gasteiger partial charge on any atom is 0.416 e. The quantitative estimate of drug-likeness (QED) is 0.0332. The summed E-state index contributed by atoms with van der Waals surface area (Å²) in [4.78, 5) is 99.1. The largest absolute Gasteiger partial charge is 0.416 e. The van der Waals surface area contributed by atoms with Gasteiger partial charge in [0, 0.05) is 144 Å². The lowest BCUT2D eigenvalue weighted by atomic mass is 9.71. The molecule has 0 spiro atoms. The van der Waals surface area contributed by atoms with Crippen LogP contribution in [0, 0.1) is 6.92 Å². The number of aromatic nitrogens is 10. The van der Waals surface area contributed by atoms with Crippen LogP contribution >= 0.6 is 23.2 Å². The number of ketones is 5. The third-order valence-electron chi connectivity index (χ3n) is 20.9. The summed E-state index contributed by atoms with van der Waals surface area (Å²) in [6.45, 7) is 0.854. The Labute approximate surface area is 644 Å². The van der Waals surface area contributed by atoms with E-state index in [-0.39, 0.29) is 62.3 Å². The smallest absolute Gasteiger partial charge is 0.388 e. The molecule has 5 fully saturated rings. The zero-order valence-corrected chi connectivity index (χ0v) is 62.0. The van der Waals surface area contributed by atoms with Crippen LogP contribution in [0.15, 0.2) is 189 Å². The highest BCUT2D eigenvalue weighted by atomic mass is 35.5. The predicted molar refractivity (Wildman–Crippen MR) is 403 cm³/mol. The average Bonchev–Trinajstić information content (AvgIpc) is 1.60. The first-order valence-corrected chi connectivity index (χ1v) is 36.9. The van der Waals surface area contributed by atoms with Crippen molar-refractivity contribution in [3.8, 4) is 0 Å². The van der Waals surface area contributed by atoms with E-state index >= 15 is 0 Å². The van der Waals surface area contributed by atoms with Crippen LogP contribution in [0.25, 0.3) is 0 Å². The topological polar surface area (TPSA) is 325 Å². The number of alkyl halides is 3. The van der Waals surface area contributed by atoms with Crippen LogP contribution < -0.4 is 0 Å². The average molecular weight is 1540 g/mol. The molecule has 0 radical (unpaired) electrons. The van der Waals surface area contributed by atoms with Crippen LogP contribution in [-0.4, -0.2) is 151 Å². The Balaban J connectivity index is 0.000000136. The van der Waals surface area contributed by atoms with Crippen LogP contribution in [0.1, 0.15) is 184 Å². The van der Waals surface area contributed by atoms with Gasteiger partial charge in [-0.05, 0) is 123 Å². The van der Waals surface area contributed by atoms with Gasteiger partial charge in [0.2, 0.25) is 0 Å². The van der Waals surface area contributed by atoms with Crippen molar-refractivity contribution in [2.24, 2.45) is 0 Å². The fourth-order valence-corrected chi connectivity index (χ4v) is 14.2.